The minimum absolute atomic E-state index is 0.00817. The lowest BCUT2D eigenvalue weighted by Gasteiger charge is -2.27. The number of amides is 1. The SMILES string of the molecule is CCCCCCn1c(SCC(=O)NC(C)(C#N)C(C)C)nc2sc3c(c2c1=O)CCC3. The molecule has 0 aliphatic heterocycles. The van der Waals surface area contributed by atoms with Crippen LogP contribution in [-0.2, 0) is 24.2 Å². The van der Waals surface area contributed by atoms with Gasteiger partial charge in [-0.05, 0) is 44.1 Å². The van der Waals surface area contributed by atoms with Gasteiger partial charge >= 0.3 is 0 Å². The number of carbonyl (C=O) groups is 1. The summed E-state index contributed by atoms with van der Waals surface area (Å²) in [5, 5.41) is 13.7. The second-order valence-electron chi connectivity index (χ2n) is 8.76. The van der Waals surface area contributed by atoms with Crippen LogP contribution in [0.1, 0.15) is 70.2 Å². The van der Waals surface area contributed by atoms with Gasteiger partial charge in [-0.25, -0.2) is 4.98 Å². The first-order chi connectivity index (χ1) is 14.8. The van der Waals surface area contributed by atoms with Crippen molar-refractivity contribution in [2.45, 2.75) is 89.9 Å². The molecule has 0 saturated carbocycles. The number of nitriles is 1. The normalized spacial score (nSPS) is 15.1. The molecule has 0 aromatic carbocycles. The lowest BCUT2D eigenvalue weighted by Crippen LogP contribution is -2.49. The van der Waals surface area contributed by atoms with Crippen LogP contribution in [0.2, 0.25) is 0 Å². The zero-order valence-electron chi connectivity index (χ0n) is 18.9. The quantitative estimate of drug-likeness (QED) is 0.316. The molecule has 0 radical (unpaired) electrons. The smallest absolute Gasteiger partial charge is 0.263 e. The van der Waals surface area contributed by atoms with Crippen molar-refractivity contribution in [3.63, 3.8) is 0 Å². The summed E-state index contributed by atoms with van der Waals surface area (Å²) >= 11 is 2.91. The highest BCUT2D eigenvalue weighted by Crippen LogP contribution is 2.35. The van der Waals surface area contributed by atoms with E-state index in [1.807, 2.05) is 13.8 Å². The molecule has 1 atom stereocenters. The molecule has 3 rings (SSSR count). The Morgan fingerprint density at radius 2 is 2.13 bits per heavy atom. The summed E-state index contributed by atoms with van der Waals surface area (Å²) in [6.07, 6.45) is 7.37. The van der Waals surface area contributed by atoms with Gasteiger partial charge in [-0.2, -0.15) is 5.26 Å². The molecule has 0 saturated heterocycles. The number of aryl methyl sites for hydroxylation is 2. The standard InChI is InChI=1S/C23H32N4O2S2/c1-5-6-7-8-12-27-21(29)19-16-10-9-11-17(16)31-20(19)25-22(27)30-13-18(28)26-23(4,14-24)15(2)3/h15H,5-13H2,1-4H3,(H,26,28). The molecule has 1 unspecified atom stereocenters. The third-order valence-corrected chi connectivity index (χ3v) is 8.31. The molecule has 1 N–H and O–H groups in total. The topological polar surface area (TPSA) is 87.8 Å². The summed E-state index contributed by atoms with van der Waals surface area (Å²) in [6.45, 7) is 8.35. The predicted molar refractivity (Wildman–Crippen MR) is 128 cm³/mol. The van der Waals surface area contributed by atoms with E-state index >= 15 is 0 Å². The van der Waals surface area contributed by atoms with Crippen LogP contribution in [0, 0.1) is 17.2 Å². The van der Waals surface area contributed by atoms with E-state index in [4.69, 9.17) is 4.98 Å². The highest BCUT2D eigenvalue weighted by atomic mass is 32.2. The van der Waals surface area contributed by atoms with Gasteiger partial charge in [0.2, 0.25) is 5.91 Å². The van der Waals surface area contributed by atoms with Crippen molar-refractivity contribution in [3.8, 4) is 6.07 Å². The molecule has 2 heterocycles. The number of aromatic nitrogens is 2. The Balaban J connectivity index is 1.85. The average molecular weight is 461 g/mol. The summed E-state index contributed by atoms with van der Waals surface area (Å²) < 4.78 is 1.77. The van der Waals surface area contributed by atoms with Crippen LogP contribution < -0.4 is 10.9 Å². The molecule has 1 aliphatic rings. The van der Waals surface area contributed by atoms with Gasteiger partial charge in [0.1, 0.15) is 10.4 Å². The van der Waals surface area contributed by atoms with E-state index in [1.165, 1.54) is 22.2 Å². The van der Waals surface area contributed by atoms with E-state index in [1.54, 1.807) is 22.8 Å². The third kappa shape index (κ3) is 5.15. The summed E-state index contributed by atoms with van der Waals surface area (Å²) in [5.74, 6) is -0.100. The molecule has 1 amide bonds. The number of hydrogen-bond donors (Lipinski definition) is 1. The molecule has 0 fully saturated rings. The number of nitrogens with zero attached hydrogens (tertiary/aromatic N) is 3. The second kappa shape index (κ2) is 10.2. The van der Waals surface area contributed by atoms with Crippen molar-refractivity contribution in [1.29, 1.82) is 5.26 Å². The molecule has 2 aromatic rings. The minimum atomic E-state index is -0.913. The van der Waals surface area contributed by atoms with Gasteiger partial charge in [-0.3, -0.25) is 14.2 Å². The van der Waals surface area contributed by atoms with Crippen LogP contribution in [0.15, 0.2) is 9.95 Å². The van der Waals surface area contributed by atoms with Crippen molar-refractivity contribution in [2.75, 3.05) is 5.75 Å². The fourth-order valence-electron chi connectivity index (χ4n) is 3.82. The number of rotatable bonds is 10. The van der Waals surface area contributed by atoms with Gasteiger partial charge in [-0.15, -0.1) is 11.3 Å². The molecule has 31 heavy (non-hydrogen) atoms. The number of thiophene rings is 1. The second-order valence-corrected chi connectivity index (χ2v) is 10.8. The van der Waals surface area contributed by atoms with Crippen molar-refractivity contribution >= 4 is 39.2 Å². The summed E-state index contributed by atoms with van der Waals surface area (Å²) in [4.78, 5) is 32.9. The van der Waals surface area contributed by atoms with E-state index in [9.17, 15) is 14.9 Å². The first-order valence-electron chi connectivity index (χ1n) is 11.2. The van der Waals surface area contributed by atoms with Gasteiger partial charge in [0, 0.05) is 11.4 Å². The van der Waals surface area contributed by atoms with Crippen LogP contribution in [0.3, 0.4) is 0 Å². The number of carbonyl (C=O) groups excluding carboxylic acids is 1. The molecule has 6 nitrogen and oxygen atoms in total. The molecule has 2 aromatic heterocycles. The zero-order chi connectivity index (χ0) is 22.6. The Hall–Kier alpha value is -1.85. The molecule has 0 spiro atoms. The fraction of sp³-hybridized carbons (Fsp3) is 0.652. The molecule has 0 bridgehead atoms. The number of thioether (sulfide) groups is 1. The highest BCUT2D eigenvalue weighted by Gasteiger charge is 2.30. The fourth-order valence-corrected chi connectivity index (χ4v) is 5.95. The first-order valence-corrected chi connectivity index (χ1v) is 13.0. The van der Waals surface area contributed by atoms with Gasteiger partial charge in [0.25, 0.3) is 5.56 Å². The van der Waals surface area contributed by atoms with E-state index < -0.39 is 5.54 Å². The number of nitrogens with one attached hydrogen (secondary N) is 1. The summed E-state index contributed by atoms with van der Waals surface area (Å²) in [5.41, 5.74) is 0.312. The predicted octanol–water partition coefficient (Wildman–Crippen LogP) is 4.67. The lowest BCUT2D eigenvalue weighted by atomic mass is 9.90. The van der Waals surface area contributed by atoms with E-state index in [0.717, 1.165) is 55.2 Å². The molecule has 168 valence electrons. The van der Waals surface area contributed by atoms with Crippen molar-refractivity contribution in [2.24, 2.45) is 5.92 Å². The number of fused-ring (bicyclic) bond motifs is 3. The highest BCUT2D eigenvalue weighted by molar-refractivity contribution is 7.99. The minimum Gasteiger partial charge on any atom is -0.337 e. The largest absolute Gasteiger partial charge is 0.337 e. The van der Waals surface area contributed by atoms with Crippen molar-refractivity contribution < 1.29 is 4.79 Å². The number of hydrogen-bond acceptors (Lipinski definition) is 6. The molecular weight excluding hydrogens is 428 g/mol. The van der Waals surface area contributed by atoms with Crippen LogP contribution in [0.25, 0.3) is 10.2 Å². The maximum absolute atomic E-state index is 13.4. The Kier molecular flexibility index (Phi) is 7.82. The van der Waals surface area contributed by atoms with E-state index in [0.29, 0.717) is 11.7 Å². The van der Waals surface area contributed by atoms with Crippen molar-refractivity contribution in [1.82, 2.24) is 14.9 Å². The van der Waals surface area contributed by atoms with Gasteiger partial charge in [0.15, 0.2) is 5.16 Å². The van der Waals surface area contributed by atoms with Crippen LogP contribution in [0.4, 0.5) is 0 Å². The lowest BCUT2D eigenvalue weighted by molar-refractivity contribution is -0.120. The maximum Gasteiger partial charge on any atom is 0.263 e. The maximum atomic E-state index is 13.4. The molecular formula is C23H32N4O2S2. The zero-order valence-corrected chi connectivity index (χ0v) is 20.5. The summed E-state index contributed by atoms with van der Waals surface area (Å²) in [7, 11) is 0. The monoisotopic (exact) mass is 460 g/mol. The Morgan fingerprint density at radius 3 is 2.81 bits per heavy atom. The van der Waals surface area contributed by atoms with Crippen LogP contribution >= 0.6 is 23.1 Å². The Bertz CT molecular complexity index is 1050. The van der Waals surface area contributed by atoms with Gasteiger partial charge in [0.05, 0.1) is 17.2 Å². The summed E-state index contributed by atoms with van der Waals surface area (Å²) in [6, 6.07) is 2.20. The Morgan fingerprint density at radius 1 is 1.35 bits per heavy atom. The third-order valence-electron chi connectivity index (χ3n) is 6.14. The van der Waals surface area contributed by atoms with E-state index in [-0.39, 0.29) is 23.1 Å². The van der Waals surface area contributed by atoms with Gasteiger partial charge in [-0.1, -0.05) is 51.8 Å². The average Bonchev–Trinajstić information content (AvgIpc) is 3.31. The van der Waals surface area contributed by atoms with E-state index in [2.05, 4.69) is 18.3 Å². The Labute approximate surface area is 192 Å². The number of unbranched alkanes of at least 4 members (excludes halogenated alkanes) is 3. The van der Waals surface area contributed by atoms with Crippen LogP contribution in [-0.4, -0.2) is 26.8 Å². The van der Waals surface area contributed by atoms with Gasteiger partial charge < -0.3 is 5.32 Å². The molecule has 8 heteroatoms. The molecule has 1 aliphatic carbocycles. The van der Waals surface area contributed by atoms with Crippen LogP contribution in [0.5, 0.6) is 0 Å². The van der Waals surface area contributed by atoms with Crippen molar-refractivity contribution in [3.05, 3.63) is 20.8 Å². The first kappa shape index (κ1) is 23.8.